The van der Waals surface area contributed by atoms with Crippen LogP contribution < -0.4 is 4.74 Å². The minimum absolute atomic E-state index is 0.0289. The molecule has 1 aliphatic rings. The summed E-state index contributed by atoms with van der Waals surface area (Å²) in [5.41, 5.74) is 0.434. The quantitative estimate of drug-likeness (QED) is 0.765. The second-order valence-electron chi connectivity index (χ2n) is 5.49. The molecule has 1 amide bonds. The second kappa shape index (κ2) is 7.66. The Morgan fingerprint density at radius 2 is 1.84 bits per heavy atom. The van der Waals surface area contributed by atoms with Crippen LogP contribution >= 0.6 is 0 Å². The molecule has 25 heavy (non-hydrogen) atoms. The van der Waals surface area contributed by atoms with E-state index in [2.05, 4.69) is 0 Å². The lowest BCUT2D eigenvalue weighted by atomic mass is 10.2. The van der Waals surface area contributed by atoms with Gasteiger partial charge in [-0.05, 0) is 23.8 Å². The van der Waals surface area contributed by atoms with Crippen LogP contribution in [0, 0.1) is 0 Å². The molecular formula is C16H20N2O6S. The Kier molecular flexibility index (Phi) is 5.81. The van der Waals surface area contributed by atoms with E-state index in [1.165, 1.54) is 36.5 Å². The molecule has 9 heteroatoms. The Morgan fingerprint density at radius 3 is 2.36 bits per heavy atom. The van der Waals surface area contributed by atoms with E-state index >= 15 is 0 Å². The van der Waals surface area contributed by atoms with Crippen LogP contribution in [0.5, 0.6) is 5.75 Å². The van der Waals surface area contributed by atoms with E-state index in [-0.39, 0.29) is 29.6 Å². The van der Waals surface area contributed by atoms with Crippen molar-refractivity contribution in [2.75, 3.05) is 33.3 Å². The fraction of sp³-hybridized carbons (Fsp3) is 0.375. The maximum atomic E-state index is 12.9. The van der Waals surface area contributed by atoms with Crippen molar-refractivity contribution in [1.82, 2.24) is 9.21 Å². The van der Waals surface area contributed by atoms with Crippen LogP contribution in [0.4, 0.5) is 0 Å². The molecule has 8 nitrogen and oxygen atoms in total. The Labute approximate surface area is 146 Å². The highest BCUT2D eigenvalue weighted by Gasteiger charge is 2.31. The average Bonchev–Trinajstić information content (AvgIpc) is 2.59. The number of rotatable bonds is 5. The molecule has 1 aromatic rings. The van der Waals surface area contributed by atoms with Crippen molar-refractivity contribution in [1.29, 1.82) is 0 Å². The van der Waals surface area contributed by atoms with Crippen molar-refractivity contribution in [3.63, 3.8) is 0 Å². The standard InChI is InChI=1S/C16H20N2O6S/c1-12(19)17-7-9-18(10-8-17)25(22,23)15-11-13(4-6-16(20)21)3-5-14(15)24-2/h3-6,11H,7-10H2,1-2H3,(H,20,21). The lowest BCUT2D eigenvalue weighted by Crippen LogP contribution is -2.49. The zero-order valence-corrected chi connectivity index (χ0v) is 14.8. The molecule has 0 unspecified atom stereocenters. The number of amides is 1. The normalized spacial score (nSPS) is 16.2. The number of aliphatic carboxylic acids is 1. The summed E-state index contributed by atoms with van der Waals surface area (Å²) in [5.74, 6) is -1.03. The number of hydrogen-bond donors (Lipinski definition) is 1. The summed E-state index contributed by atoms with van der Waals surface area (Å²) < 4.78 is 32.3. The molecule has 0 spiro atoms. The molecule has 136 valence electrons. The highest BCUT2D eigenvalue weighted by molar-refractivity contribution is 7.89. The molecule has 1 aromatic carbocycles. The van der Waals surface area contributed by atoms with E-state index in [4.69, 9.17) is 9.84 Å². The first kappa shape index (κ1) is 18.9. The van der Waals surface area contributed by atoms with Gasteiger partial charge >= 0.3 is 5.97 Å². The highest BCUT2D eigenvalue weighted by Crippen LogP contribution is 2.29. The van der Waals surface area contributed by atoms with Gasteiger partial charge < -0.3 is 14.7 Å². The lowest BCUT2D eigenvalue weighted by molar-refractivity contribution is -0.131. The molecule has 0 aromatic heterocycles. The van der Waals surface area contributed by atoms with Crippen LogP contribution in [-0.2, 0) is 19.6 Å². The molecule has 1 fully saturated rings. The first-order valence-electron chi connectivity index (χ1n) is 7.60. The lowest BCUT2D eigenvalue weighted by Gasteiger charge is -2.33. The van der Waals surface area contributed by atoms with Crippen LogP contribution in [0.3, 0.4) is 0 Å². The van der Waals surface area contributed by atoms with Gasteiger partial charge in [0.2, 0.25) is 15.9 Å². The molecule has 1 saturated heterocycles. The number of sulfonamides is 1. The molecule has 2 rings (SSSR count). The third-order valence-corrected chi connectivity index (χ3v) is 5.83. The maximum Gasteiger partial charge on any atom is 0.328 e. The number of piperazine rings is 1. The number of carboxylic acids is 1. The van der Waals surface area contributed by atoms with Crippen LogP contribution in [0.2, 0.25) is 0 Å². The van der Waals surface area contributed by atoms with Crippen molar-refractivity contribution in [3.05, 3.63) is 29.8 Å². The monoisotopic (exact) mass is 368 g/mol. The van der Waals surface area contributed by atoms with Crippen LogP contribution in [0.15, 0.2) is 29.2 Å². The number of carboxylic acid groups (broad SMARTS) is 1. The summed E-state index contributed by atoms with van der Waals surface area (Å²) in [6.45, 7) is 2.50. The van der Waals surface area contributed by atoms with Gasteiger partial charge in [-0.15, -0.1) is 0 Å². The molecule has 0 atom stereocenters. The number of hydrogen-bond acceptors (Lipinski definition) is 5. The molecule has 0 radical (unpaired) electrons. The number of nitrogens with zero attached hydrogens (tertiary/aromatic N) is 2. The van der Waals surface area contributed by atoms with E-state index in [1.54, 1.807) is 11.0 Å². The Bertz CT molecular complexity index is 795. The van der Waals surface area contributed by atoms with Crippen LogP contribution in [-0.4, -0.2) is 67.9 Å². The van der Waals surface area contributed by atoms with Crippen molar-refractivity contribution < 1.29 is 27.9 Å². The average molecular weight is 368 g/mol. The van der Waals surface area contributed by atoms with Gasteiger partial charge in [0.1, 0.15) is 10.6 Å². The third kappa shape index (κ3) is 4.37. The summed E-state index contributed by atoms with van der Waals surface area (Å²) in [5, 5.41) is 8.71. The van der Waals surface area contributed by atoms with Gasteiger partial charge in [-0.3, -0.25) is 4.79 Å². The number of carbonyl (C=O) groups excluding carboxylic acids is 1. The molecule has 0 bridgehead atoms. The number of carbonyl (C=O) groups is 2. The van der Waals surface area contributed by atoms with Gasteiger partial charge in [0.15, 0.2) is 0 Å². The Balaban J connectivity index is 2.33. The van der Waals surface area contributed by atoms with E-state index < -0.39 is 16.0 Å². The van der Waals surface area contributed by atoms with Crippen LogP contribution in [0.25, 0.3) is 6.08 Å². The minimum atomic E-state index is -3.83. The zero-order valence-electron chi connectivity index (χ0n) is 14.0. The van der Waals surface area contributed by atoms with Gasteiger partial charge in [0.25, 0.3) is 0 Å². The number of benzene rings is 1. The zero-order chi connectivity index (χ0) is 18.6. The molecule has 0 saturated carbocycles. The molecule has 1 N–H and O–H groups in total. The summed E-state index contributed by atoms with van der Waals surface area (Å²) in [4.78, 5) is 23.6. The van der Waals surface area contributed by atoms with E-state index in [9.17, 15) is 18.0 Å². The smallest absolute Gasteiger partial charge is 0.328 e. The largest absolute Gasteiger partial charge is 0.495 e. The topological polar surface area (TPSA) is 104 Å². The molecular weight excluding hydrogens is 348 g/mol. The fourth-order valence-electron chi connectivity index (χ4n) is 2.55. The summed E-state index contributed by atoms with van der Waals surface area (Å²) in [7, 11) is -2.46. The number of methoxy groups -OCH3 is 1. The number of ether oxygens (including phenoxy) is 1. The second-order valence-corrected chi connectivity index (χ2v) is 7.40. The first-order valence-corrected chi connectivity index (χ1v) is 9.04. The predicted octanol–water partition coefficient (Wildman–Crippen LogP) is 0.646. The van der Waals surface area contributed by atoms with Gasteiger partial charge in [0, 0.05) is 39.2 Å². The summed E-state index contributed by atoms with van der Waals surface area (Å²) in [6, 6.07) is 4.44. The predicted molar refractivity (Wildman–Crippen MR) is 90.7 cm³/mol. The third-order valence-electron chi connectivity index (χ3n) is 3.91. The van der Waals surface area contributed by atoms with Crippen LogP contribution in [0.1, 0.15) is 12.5 Å². The SMILES string of the molecule is COc1ccc(C=CC(=O)O)cc1S(=O)(=O)N1CCN(C(C)=O)CC1. The van der Waals surface area contributed by atoms with E-state index in [1.807, 2.05) is 0 Å². The van der Waals surface area contributed by atoms with Crippen molar-refractivity contribution in [3.8, 4) is 5.75 Å². The van der Waals surface area contributed by atoms with Crippen molar-refractivity contribution >= 4 is 28.0 Å². The van der Waals surface area contributed by atoms with Crippen molar-refractivity contribution in [2.24, 2.45) is 0 Å². The fourth-order valence-corrected chi connectivity index (χ4v) is 4.16. The molecule has 0 aliphatic carbocycles. The summed E-state index contributed by atoms with van der Waals surface area (Å²) >= 11 is 0. The van der Waals surface area contributed by atoms with Gasteiger partial charge in [-0.2, -0.15) is 4.31 Å². The van der Waals surface area contributed by atoms with Gasteiger partial charge in [0.05, 0.1) is 7.11 Å². The van der Waals surface area contributed by atoms with E-state index in [0.29, 0.717) is 18.7 Å². The minimum Gasteiger partial charge on any atom is -0.495 e. The maximum absolute atomic E-state index is 12.9. The molecule has 1 heterocycles. The Hall–Kier alpha value is -2.39. The Morgan fingerprint density at radius 1 is 1.20 bits per heavy atom. The highest BCUT2D eigenvalue weighted by atomic mass is 32.2. The first-order chi connectivity index (χ1) is 11.8. The van der Waals surface area contributed by atoms with Gasteiger partial charge in [-0.1, -0.05) is 6.07 Å². The summed E-state index contributed by atoms with van der Waals surface area (Å²) in [6.07, 6.45) is 2.25. The van der Waals surface area contributed by atoms with Crippen molar-refractivity contribution in [2.45, 2.75) is 11.8 Å². The molecule has 1 aliphatic heterocycles. The van der Waals surface area contributed by atoms with E-state index in [0.717, 1.165) is 6.08 Å². The van der Waals surface area contributed by atoms with Gasteiger partial charge in [-0.25, -0.2) is 13.2 Å².